The Bertz CT molecular complexity index is 544. The smallest absolute Gasteiger partial charge is 0.263 e. The molecule has 2 aliphatic rings. The van der Waals surface area contributed by atoms with E-state index in [4.69, 9.17) is 5.73 Å². The zero-order valence-corrected chi connectivity index (χ0v) is 13.1. The lowest BCUT2D eigenvalue weighted by Gasteiger charge is -2.19. The number of hydrogen-bond donors (Lipinski definition) is 1. The van der Waals surface area contributed by atoms with E-state index in [-0.39, 0.29) is 17.7 Å². The zero-order valence-electron chi connectivity index (χ0n) is 12.3. The Kier molecular flexibility index (Phi) is 4.29. The second kappa shape index (κ2) is 6.18. The van der Waals surface area contributed by atoms with Crippen LogP contribution in [-0.4, -0.2) is 29.8 Å². The lowest BCUT2D eigenvalue weighted by atomic mass is 9.88. The molecule has 114 valence electrons. The maximum absolute atomic E-state index is 12.6. The number of carbonyl (C=O) groups excluding carboxylic acids is 2. The Morgan fingerprint density at radius 1 is 1.19 bits per heavy atom. The van der Waals surface area contributed by atoms with E-state index in [1.54, 1.807) is 11.3 Å². The molecule has 3 rings (SSSR count). The first-order chi connectivity index (χ1) is 10.1. The number of fused-ring (bicyclic) bond motifs is 1. The monoisotopic (exact) mass is 306 g/mol. The van der Waals surface area contributed by atoms with E-state index < -0.39 is 0 Å². The predicted molar refractivity (Wildman–Crippen MR) is 83.4 cm³/mol. The minimum Gasteiger partial charge on any atom is -0.369 e. The molecule has 0 unspecified atom stereocenters. The maximum atomic E-state index is 12.6. The van der Waals surface area contributed by atoms with Crippen LogP contribution in [0.1, 0.15) is 52.2 Å². The third-order valence-corrected chi connectivity index (χ3v) is 5.81. The van der Waals surface area contributed by atoms with Crippen LogP contribution in [0.3, 0.4) is 0 Å². The number of nitrogens with zero attached hydrogens (tertiary/aromatic N) is 1. The molecule has 5 heteroatoms. The summed E-state index contributed by atoms with van der Waals surface area (Å²) in [7, 11) is 0. The molecule has 1 saturated heterocycles. The lowest BCUT2D eigenvalue weighted by molar-refractivity contribution is -0.122. The summed E-state index contributed by atoms with van der Waals surface area (Å²) in [6, 6.07) is 2.00. The molecule has 1 aliphatic heterocycles. The maximum Gasteiger partial charge on any atom is 0.263 e. The van der Waals surface area contributed by atoms with Crippen LogP contribution in [0.4, 0.5) is 0 Å². The summed E-state index contributed by atoms with van der Waals surface area (Å²) in [5.74, 6) is -0.104. The fourth-order valence-corrected chi connectivity index (χ4v) is 4.48. The van der Waals surface area contributed by atoms with Gasteiger partial charge in [-0.25, -0.2) is 0 Å². The minimum absolute atomic E-state index is 0.0618. The van der Waals surface area contributed by atoms with Gasteiger partial charge in [0.25, 0.3) is 5.91 Å². The van der Waals surface area contributed by atoms with Gasteiger partial charge in [0.05, 0.1) is 4.88 Å². The number of likely N-dealkylation sites (tertiary alicyclic amines) is 1. The van der Waals surface area contributed by atoms with Crippen molar-refractivity contribution in [3.63, 3.8) is 0 Å². The second-order valence-electron chi connectivity index (χ2n) is 6.11. The molecule has 0 radical (unpaired) electrons. The van der Waals surface area contributed by atoms with Gasteiger partial charge < -0.3 is 10.6 Å². The van der Waals surface area contributed by atoms with Crippen molar-refractivity contribution < 1.29 is 9.59 Å². The number of nitrogens with two attached hydrogens (primary N) is 1. The first-order valence-corrected chi connectivity index (χ1v) is 8.67. The Balaban J connectivity index is 1.75. The van der Waals surface area contributed by atoms with Gasteiger partial charge in [0, 0.05) is 23.9 Å². The van der Waals surface area contributed by atoms with Crippen LogP contribution in [0, 0.1) is 5.92 Å². The van der Waals surface area contributed by atoms with Gasteiger partial charge >= 0.3 is 0 Å². The van der Waals surface area contributed by atoms with E-state index in [0.717, 1.165) is 49.2 Å². The average molecular weight is 306 g/mol. The molecular weight excluding hydrogens is 284 g/mol. The fourth-order valence-electron chi connectivity index (χ4n) is 3.30. The van der Waals surface area contributed by atoms with Gasteiger partial charge in [0.1, 0.15) is 0 Å². The number of aryl methyl sites for hydroxylation is 1. The van der Waals surface area contributed by atoms with Crippen LogP contribution in [0.25, 0.3) is 0 Å². The first-order valence-electron chi connectivity index (χ1n) is 7.85. The van der Waals surface area contributed by atoms with Gasteiger partial charge in [-0.3, -0.25) is 9.59 Å². The summed E-state index contributed by atoms with van der Waals surface area (Å²) >= 11 is 1.61. The number of amides is 2. The number of thiophene rings is 1. The van der Waals surface area contributed by atoms with Crippen molar-refractivity contribution in [3.05, 3.63) is 21.4 Å². The molecule has 0 aromatic carbocycles. The summed E-state index contributed by atoms with van der Waals surface area (Å²) in [5, 5.41) is 0. The molecule has 2 amide bonds. The highest BCUT2D eigenvalue weighted by molar-refractivity contribution is 7.14. The molecular formula is C16H22N2O2S. The SMILES string of the molecule is NC(=O)[C@@H]1CCc2sc(C(=O)N3CCCCCC3)cc2C1. The molecule has 21 heavy (non-hydrogen) atoms. The lowest BCUT2D eigenvalue weighted by Crippen LogP contribution is -2.31. The molecule has 4 nitrogen and oxygen atoms in total. The van der Waals surface area contributed by atoms with E-state index >= 15 is 0 Å². The largest absolute Gasteiger partial charge is 0.369 e. The van der Waals surface area contributed by atoms with E-state index in [1.807, 2.05) is 11.0 Å². The summed E-state index contributed by atoms with van der Waals surface area (Å²) in [5.41, 5.74) is 6.57. The number of hydrogen-bond acceptors (Lipinski definition) is 3. The summed E-state index contributed by atoms with van der Waals surface area (Å²) in [6.07, 6.45) is 7.08. The Morgan fingerprint density at radius 3 is 2.57 bits per heavy atom. The predicted octanol–water partition coefficient (Wildman–Crippen LogP) is 2.35. The molecule has 0 saturated carbocycles. The second-order valence-corrected chi connectivity index (χ2v) is 7.24. The minimum atomic E-state index is -0.216. The molecule has 2 N–H and O–H groups in total. The van der Waals surface area contributed by atoms with Gasteiger partial charge in [-0.15, -0.1) is 11.3 Å². The average Bonchev–Trinajstić information content (AvgIpc) is 2.71. The molecule has 0 bridgehead atoms. The Morgan fingerprint density at radius 2 is 1.90 bits per heavy atom. The van der Waals surface area contributed by atoms with Gasteiger partial charge in [-0.05, 0) is 43.7 Å². The molecule has 1 aromatic heterocycles. The van der Waals surface area contributed by atoms with Crippen LogP contribution >= 0.6 is 11.3 Å². The van der Waals surface area contributed by atoms with E-state index in [0.29, 0.717) is 6.42 Å². The molecule has 1 fully saturated rings. The quantitative estimate of drug-likeness (QED) is 0.911. The Labute approximate surface area is 129 Å². The molecule has 1 atom stereocenters. The fraction of sp³-hybridized carbons (Fsp3) is 0.625. The van der Waals surface area contributed by atoms with Gasteiger partial charge in [0.2, 0.25) is 5.91 Å². The van der Waals surface area contributed by atoms with Gasteiger partial charge in [-0.1, -0.05) is 12.8 Å². The molecule has 1 aromatic rings. The van der Waals surface area contributed by atoms with Crippen LogP contribution in [0.2, 0.25) is 0 Å². The van der Waals surface area contributed by atoms with E-state index in [9.17, 15) is 9.59 Å². The highest BCUT2D eigenvalue weighted by atomic mass is 32.1. The summed E-state index contributed by atoms with van der Waals surface area (Å²) in [6.45, 7) is 1.76. The van der Waals surface area contributed by atoms with Crippen LogP contribution in [-0.2, 0) is 17.6 Å². The Hall–Kier alpha value is -1.36. The third-order valence-electron chi connectivity index (χ3n) is 4.59. The van der Waals surface area contributed by atoms with Gasteiger partial charge in [-0.2, -0.15) is 0 Å². The molecule has 1 aliphatic carbocycles. The number of rotatable bonds is 2. The molecule has 2 heterocycles. The van der Waals surface area contributed by atoms with E-state index in [1.165, 1.54) is 17.7 Å². The molecule has 0 spiro atoms. The highest BCUT2D eigenvalue weighted by Gasteiger charge is 2.27. The number of carbonyl (C=O) groups is 2. The zero-order chi connectivity index (χ0) is 14.8. The van der Waals surface area contributed by atoms with E-state index in [2.05, 4.69) is 0 Å². The normalized spacial score (nSPS) is 22.5. The third kappa shape index (κ3) is 3.12. The van der Waals surface area contributed by atoms with Crippen molar-refractivity contribution in [2.24, 2.45) is 11.7 Å². The van der Waals surface area contributed by atoms with Crippen LogP contribution in [0.15, 0.2) is 6.07 Å². The van der Waals surface area contributed by atoms with Crippen LogP contribution < -0.4 is 5.73 Å². The van der Waals surface area contributed by atoms with Crippen molar-refractivity contribution >= 4 is 23.2 Å². The van der Waals surface area contributed by atoms with Gasteiger partial charge in [0.15, 0.2) is 0 Å². The van der Waals surface area contributed by atoms with Crippen molar-refractivity contribution in [1.29, 1.82) is 0 Å². The van der Waals surface area contributed by atoms with Crippen molar-refractivity contribution in [3.8, 4) is 0 Å². The van der Waals surface area contributed by atoms with Crippen LogP contribution in [0.5, 0.6) is 0 Å². The first kappa shape index (κ1) is 14.6. The van der Waals surface area contributed by atoms with Crippen molar-refractivity contribution in [2.45, 2.75) is 44.9 Å². The summed E-state index contributed by atoms with van der Waals surface area (Å²) in [4.78, 5) is 28.1. The number of primary amides is 1. The highest BCUT2D eigenvalue weighted by Crippen LogP contribution is 2.33. The standard InChI is InChI=1S/C16H22N2O2S/c17-15(19)11-5-6-13-12(9-11)10-14(21-13)16(20)18-7-3-1-2-4-8-18/h10-11H,1-9H2,(H2,17,19)/t11-/m1/s1. The van der Waals surface area contributed by atoms with Crippen molar-refractivity contribution in [2.75, 3.05) is 13.1 Å². The van der Waals surface area contributed by atoms with Crippen molar-refractivity contribution in [1.82, 2.24) is 4.90 Å². The summed E-state index contributed by atoms with van der Waals surface area (Å²) < 4.78 is 0. The topological polar surface area (TPSA) is 63.4 Å².